The smallest absolute Gasteiger partial charge is 0.324 e. The van der Waals surface area contributed by atoms with Gasteiger partial charge in [-0.1, -0.05) is 0 Å². The molecule has 0 radical (unpaired) electrons. The first kappa shape index (κ1) is 10.3. The number of hydrogen-bond acceptors (Lipinski definition) is 2. The third-order valence-electron chi connectivity index (χ3n) is 1.98. The fourth-order valence-corrected chi connectivity index (χ4v) is 1.26. The predicted octanol–water partition coefficient (Wildman–Crippen LogP) is 0.946. The number of hydrogen-bond donors (Lipinski definition) is 1. The van der Waals surface area contributed by atoms with Crippen LogP contribution >= 0.6 is 11.6 Å². The van der Waals surface area contributed by atoms with Crippen LogP contribution in [0.15, 0.2) is 0 Å². The fourth-order valence-electron chi connectivity index (χ4n) is 1.20. The van der Waals surface area contributed by atoms with Gasteiger partial charge in [0.25, 0.3) is 0 Å². The van der Waals surface area contributed by atoms with Gasteiger partial charge in [0, 0.05) is 13.1 Å². The van der Waals surface area contributed by atoms with E-state index in [1.54, 1.807) is 4.90 Å². The minimum atomic E-state index is -0.661. The molecule has 0 bridgehead atoms. The second kappa shape index (κ2) is 4.46. The summed E-state index contributed by atoms with van der Waals surface area (Å²) in [6.07, 6.45) is 2.02. The highest BCUT2D eigenvalue weighted by Crippen LogP contribution is 2.07. The lowest BCUT2D eigenvalue weighted by Gasteiger charge is -2.15. The lowest BCUT2D eigenvalue weighted by atomic mass is 10.4. The summed E-state index contributed by atoms with van der Waals surface area (Å²) in [7, 11) is 0. The summed E-state index contributed by atoms with van der Waals surface area (Å²) in [6, 6.07) is -0.324. The van der Waals surface area contributed by atoms with Crippen molar-refractivity contribution in [3.05, 3.63) is 0 Å². The average Bonchev–Trinajstić information content (AvgIpc) is 2.55. The van der Waals surface area contributed by atoms with Crippen molar-refractivity contribution in [3.63, 3.8) is 0 Å². The molecular formula is C8H13ClN2O2. The van der Waals surface area contributed by atoms with E-state index in [1.165, 1.54) is 6.92 Å². The van der Waals surface area contributed by atoms with Crippen LogP contribution < -0.4 is 5.32 Å². The van der Waals surface area contributed by atoms with Gasteiger partial charge >= 0.3 is 6.03 Å². The molecule has 0 aromatic rings. The highest BCUT2D eigenvalue weighted by atomic mass is 35.5. The zero-order valence-corrected chi connectivity index (χ0v) is 8.30. The quantitative estimate of drug-likeness (QED) is 0.647. The highest BCUT2D eigenvalue weighted by Gasteiger charge is 2.21. The number of halogens is 1. The number of carbonyl (C=O) groups is 2. The largest absolute Gasteiger partial charge is 0.324 e. The summed E-state index contributed by atoms with van der Waals surface area (Å²) in [6.45, 7) is 3.00. The summed E-state index contributed by atoms with van der Waals surface area (Å²) < 4.78 is 0. The zero-order valence-electron chi connectivity index (χ0n) is 7.55. The van der Waals surface area contributed by atoms with E-state index in [9.17, 15) is 9.59 Å². The molecule has 1 heterocycles. The van der Waals surface area contributed by atoms with E-state index in [-0.39, 0.29) is 6.03 Å². The molecule has 0 aromatic carbocycles. The number of alkyl halides is 1. The van der Waals surface area contributed by atoms with Crippen LogP contribution in [0.2, 0.25) is 0 Å². The van der Waals surface area contributed by atoms with E-state index in [1.807, 2.05) is 0 Å². The van der Waals surface area contributed by atoms with Crippen molar-refractivity contribution in [3.8, 4) is 0 Å². The molecule has 0 saturated carbocycles. The van der Waals surface area contributed by atoms with E-state index in [4.69, 9.17) is 11.6 Å². The SMILES string of the molecule is CC(Cl)C(=O)NC(=O)N1CCCC1. The first-order chi connectivity index (χ1) is 6.11. The van der Waals surface area contributed by atoms with Crippen molar-refractivity contribution >= 4 is 23.5 Å². The van der Waals surface area contributed by atoms with Crippen molar-refractivity contribution in [2.45, 2.75) is 25.1 Å². The van der Waals surface area contributed by atoms with Gasteiger partial charge in [-0.25, -0.2) is 4.79 Å². The molecule has 4 nitrogen and oxygen atoms in total. The molecule has 1 rings (SSSR count). The van der Waals surface area contributed by atoms with Gasteiger partial charge in [-0.3, -0.25) is 10.1 Å². The second-order valence-electron chi connectivity index (χ2n) is 3.10. The van der Waals surface area contributed by atoms with Crippen molar-refractivity contribution in [1.82, 2.24) is 10.2 Å². The van der Waals surface area contributed by atoms with Crippen LogP contribution in [-0.2, 0) is 4.79 Å². The Morgan fingerprint density at radius 1 is 1.38 bits per heavy atom. The maximum atomic E-state index is 11.3. The standard InChI is InChI=1S/C8H13ClN2O2/c1-6(9)7(12)10-8(13)11-4-2-3-5-11/h6H,2-5H2,1H3,(H,10,12,13). The van der Waals surface area contributed by atoms with Crippen molar-refractivity contribution in [2.24, 2.45) is 0 Å². The number of nitrogens with one attached hydrogen (secondary N) is 1. The van der Waals surface area contributed by atoms with Gasteiger partial charge in [0.1, 0.15) is 5.38 Å². The normalized spacial score (nSPS) is 18.5. The molecule has 1 saturated heterocycles. The first-order valence-electron chi connectivity index (χ1n) is 4.35. The Kier molecular flexibility index (Phi) is 3.54. The van der Waals surface area contributed by atoms with Crippen LogP contribution in [0.1, 0.15) is 19.8 Å². The van der Waals surface area contributed by atoms with Gasteiger partial charge in [0.05, 0.1) is 0 Å². The number of rotatable bonds is 1. The average molecular weight is 205 g/mol. The number of imide groups is 1. The number of urea groups is 1. The fraction of sp³-hybridized carbons (Fsp3) is 0.750. The molecular weight excluding hydrogens is 192 g/mol. The van der Waals surface area contributed by atoms with Crippen molar-refractivity contribution in [2.75, 3.05) is 13.1 Å². The molecule has 1 unspecified atom stereocenters. The Morgan fingerprint density at radius 2 is 1.92 bits per heavy atom. The van der Waals surface area contributed by atoms with E-state index in [0.717, 1.165) is 25.9 Å². The molecule has 1 N–H and O–H groups in total. The van der Waals surface area contributed by atoms with Crippen LogP contribution in [0, 0.1) is 0 Å². The second-order valence-corrected chi connectivity index (χ2v) is 3.76. The maximum absolute atomic E-state index is 11.3. The molecule has 0 spiro atoms. The van der Waals surface area contributed by atoms with E-state index >= 15 is 0 Å². The van der Waals surface area contributed by atoms with Crippen LogP contribution in [-0.4, -0.2) is 35.3 Å². The third-order valence-corrected chi connectivity index (χ3v) is 2.18. The Labute approximate surface area is 82.2 Å². The van der Waals surface area contributed by atoms with Crippen molar-refractivity contribution < 1.29 is 9.59 Å². The summed E-state index contributed by atoms with van der Waals surface area (Å²) in [5.74, 6) is -0.432. The topological polar surface area (TPSA) is 49.4 Å². The molecule has 3 amide bonds. The van der Waals surface area contributed by atoms with Gasteiger partial charge in [0.2, 0.25) is 5.91 Å². The van der Waals surface area contributed by atoms with Crippen LogP contribution in [0.3, 0.4) is 0 Å². The molecule has 1 aliphatic heterocycles. The number of nitrogens with zero attached hydrogens (tertiary/aromatic N) is 1. The van der Waals surface area contributed by atoms with Crippen LogP contribution in [0.4, 0.5) is 4.79 Å². The summed E-state index contributed by atoms with van der Waals surface area (Å²) >= 11 is 5.50. The predicted molar refractivity (Wildman–Crippen MR) is 49.7 cm³/mol. The van der Waals surface area contributed by atoms with E-state index in [2.05, 4.69) is 5.32 Å². The first-order valence-corrected chi connectivity index (χ1v) is 4.78. The van der Waals surface area contributed by atoms with Crippen LogP contribution in [0.25, 0.3) is 0 Å². The highest BCUT2D eigenvalue weighted by molar-refractivity contribution is 6.31. The summed E-state index contributed by atoms with van der Waals surface area (Å²) in [5.41, 5.74) is 0. The van der Waals surface area contributed by atoms with Gasteiger partial charge in [-0.05, 0) is 19.8 Å². The molecule has 1 fully saturated rings. The van der Waals surface area contributed by atoms with Gasteiger partial charge in [0.15, 0.2) is 0 Å². The summed E-state index contributed by atoms with van der Waals surface area (Å²) in [5, 5.41) is 1.58. The molecule has 74 valence electrons. The van der Waals surface area contributed by atoms with Gasteiger partial charge in [-0.15, -0.1) is 11.6 Å². The van der Waals surface area contributed by atoms with Gasteiger partial charge in [-0.2, -0.15) is 0 Å². The van der Waals surface area contributed by atoms with Gasteiger partial charge < -0.3 is 4.90 Å². The Hall–Kier alpha value is -0.770. The Balaban J connectivity index is 2.36. The van der Waals surface area contributed by atoms with Crippen molar-refractivity contribution in [1.29, 1.82) is 0 Å². The maximum Gasteiger partial charge on any atom is 0.324 e. The zero-order chi connectivity index (χ0) is 9.84. The summed E-state index contributed by atoms with van der Waals surface area (Å²) in [4.78, 5) is 23.9. The van der Waals surface area contributed by atoms with E-state index in [0.29, 0.717) is 0 Å². The molecule has 5 heteroatoms. The molecule has 0 aromatic heterocycles. The number of amides is 3. The lowest BCUT2D eigenvalue weighted by molar-refractivity contribution is -0.119. The minimum absolute atomic E-state index is 0.324. The molecule has 13 heavy (non-hydrogen) atoms. The monoisotopic (exact) mass is 204 g/mol. The minimum Gasteiger partial charge on any atom is -0.324 e. The third kappa shape index (κ3) is 2.88. The molecule has 0 aliphatic carbocycles. The Morgan fingerprint density at radius 3 is 2.38 bits per heavy atom. The van der Waals surface area contributed by atoms with E-state index < -0.39 is 11.3 Å². The lowest BCUT2D eigenvalue weighted by Crippen LogP contribution is -2.43. The Bertz CT molecular complexity index is 212. The molecule has 1 aliphatic rings. The molecule has 1 atom stereocenters. The number of carbonyl (C=O) groups excluding carboxylic acids is 2. The van der Waals surface area contributed by atoms with Crippen LogP contribution in [0.5, 0.6) is 0 Å². The number of likely N-dealkylation sites (tertiary alicyclic amines) is 1.